The molecule has 1 nitrogen and oxygen atoms in total. The maximum atomic E-state index is 5.65. The van der Waals surface area contributed by atoms with Gasteiger partial charge >= 0.3 is 0 Å². The van der Waals surface area contributed by atoms with Crippen molar-refractivity contribution >= 4 is 0 Å². The van der Waals surface area contributed by atoms with Crippen molar-refractivity contribution in [3.05, 3.63) is 28.8 Å². The van der Waals surface area contributed by atoms with Crippen LogP contribution in [0.1, 0.15) is 50.3 Å². The van der Waals surface area contributed by atoms with Gasteiger partial charge in [0.05, 0.1) is 6.61 Å². The lowest BCUT2D eigenvalue weighted by molar-refractivity contribution is 0.352. The second-order valence-corrected chi connectivity index (χ2v) is 4.10. The van der Waals surface area contributed by atoms with Crippen molar-refractivity contribution < 1.29 is 4.74 Å². The van der Waals surface area contributed by atoms with Crippen molar-refractivity contribution in [1.29, 1.82) is 0 Å². The predicted molar refractivity (Wildman–Crippen MR) is 65.8 cm³/mol. The highest BCUT2D eigenvalue weighted by atomic mass is 16.5. The molecule has 1 aromatic carbocycles. The Kier molecular flexibility index (Phi) is 4.19. The molecular weight excluding hydrogens is 184 g/mol. The second-order valence-electron chi connectivity index (χ2n) is 4.10. The van der Waals surface area contributed by atoms with Crippen molar-refractivity contribution in [2.24, 2.45) is 0 Å². The Bertz CT molecular complexity index is 326. The number of aryl methyl sites for hydroxylation is 1. The van der Waals surface area contributed by atoms with E-state index in [2.05, 4.69) is 32.9 Å². The van der Waals surface area contributed by atoms with Crippen molar-refractivity contribution in [2.75, 3.05) is 6.61 Å². The van der Waals surface area contributed by atoms with Gasteiger partial charge in [-0.25, -0.2) is 0 Å². The first-order chi connectivity index (χ1) is 7.18. The van der Waals surface area contributed by atoms with Crippen LogP contribution in [0.15, 0.2) is 12.1 Å². The molecule has 15 heavy (non-hydrogen) atoms. The van der Waals surface area contributed by atoms with E-state index in [1.165, 1.54) is 16.7 Å². The summed E-state index contributed by atoms with van der Waals surface area (Å²) in [5.74, 6) is 1.72. The molecule has 0 atom stereocenters. The lowest BCUT2D eigenvalue weighted by Gasteiger charge is -2.12. The first-order valence-electron chi connectivity index (χ1n) is 5.94. The van der Waals surface area contributed by atoms with Crippen LogP contribution >= 0.6 is 0 Å². The van der Waals surface area contributed by atoms with E-state index in [9.17, 15) is 0 Å². The fourth-order valence-corrected chi connectivity index (χ4v) is 1.93. The summed E-state index contributed by atoms with van der Waals surface area (Å²) < 4.78 is 5.65. The van der Waals surface area contributed by atoms with Gasteiger partial charge in [-0.3, -0.25) is 0 Å². The van der Waals surface area contributed by atoms with Gasteiger partial charge in [-0.2, -0.15) is 0 Å². The Morgan fingerprint density at radius 1 is 1.20 bits per heavy atom. The molecule has 1 heterocycles. The first kappa shape index (κ1) is 12.1. The van der Waals surface area contributed by atoms with Crippen LogP contribution in [0, 0.1) is 6.92 Å². The standard InChI is InChI=1S/C12H16O.C2H6/c1-8(2)11-7-9(3)6-10-4-5-13-12(10)11;1-2/h6-8H,4-5H2,1-3H3;1-2H3. The molecule has 0 aromatic heterocycles. The number of ether oxygens (including phenoxy) is 1. The zero-order chi connectivity index (χ0) is 11.4. The molecule has 1 aliphatic rings. The van der Waals surface area contributed by atoms with Gasteiger partial charge in [0.1, 0.15) is 5.75 Å². The number of benzene rings is 1. The van der Waals surface area contributed by atoms with Crippen molar-refractivity contribution in [3.63, 3.8) is 0 Å². The van der Waals surface area contributed by atoms with Crippen LogP contribution in [0.25, 0.3) is 0 Å². The van der Waals surface area contributed by atoms with Gasteiger partial charge in [0, 0.05) is 6.42 Å². The van der Waals surface area contributed by atoms with Gasteiger partial charge in [0.2, 0.25) is 0 Å². The third-order valence-corrected chi connectivity index (χ3v) is 2.58. The lowest BCUT2D eigenvalue weighted by Crippen LogP contribution is -1.94. The number of fused-ring (bicyclic) bond motifs is 1. The minimum atomic E-state index is 0.562. The summed E-state index contributed by atoms with van der Waals surface area (Å²) in [5, 5.41) is 0. The van der Waals surface area contributed by atoms with Crippen molar-refractivity contribution in [3.8, 4) is 5.75 Å². The summed E-state index contributed by atoms with van der Waals surface area (Å²) in [6.07, 6.45) is 1.08. The van der Waals surface area contributed by atoms with Gasteiger partial charge in [-0.15, -0.1) is 0 Å². The Balaban J connectivity index is 0.000000531. The molecule has 1 aliphatic heterocycles. The van der Waals surface area contributed by atoms with E-state index in [1.54, 1.807) is 0 Å². The quantitative estimate of drug-likeness (QED) is 0.672. The smallest absolute Gasteiger partial charge is 0.126 e. The van der Waals surface area contributed by atoms with Gasteiger partial charge in [-0.1, -0.05) is 45.4 Å². The second kappa shape index (κ2) is 5.20. The maximum absolute atomic E-state index is 5.65. The molecular formula is C14H22O. The van der Waals surface area contributed by atoms with Crippen molar-refractivity contribution in [2.45, 2.75) is 47.0 Å². The summed E-state index contributed by atoms with van der Waals surface area (Å²) >= 11 is 0. The Hall–Kier alpha value is -0.980. The highest BCUT2D eigenvalue weighted by Gasteiger charge is 2.18. The molecule has 1 heteroatoms. The van der Waals surface area contributed by atoms with Crippen LogP contribution in [-0.4, -0.2) is 6.61 Å². The fourth-order valence-electron chi connectivity index (χ4n) is 1.93. The van der Waals surface area contributed by atoms with Crippen LogP contribution < -0.4 is 4.74 Å². The fraction of sp³-hybridized carbons (Fsp3) is 0.571. The van der Waals surface area contributed by atoms with Crippen LogP contribution in [0.4, 0.5) is 0 Å². The topological polar surface area (TPSA) is 9.23 Å². The van der Waals surface area contributed by atoms with Gasteiger partial charge in [0.15, 0.2) is 0 Å². The summed E-state index contributed by atoms with van der Waals surface area (Å²) in [5.41, 5.74) is 4.11. The number of rotatable bonds is 1. The van der Waals surface area contributed by atoms with Crippen LogP contribution in [0.5, 0.6) is 5.75 Å². The summed E-state index contributed by atoms with van der Waals surface area (Å²) in [6.45, 7) is 11.5. The Labute approximate surface area is 93.5 Å². The number of hydrogen-bond donors (Lipinski definition) is 0. The minimum absolute atomic E-state index is 0.562. The molecule has 1 aromatic rings. The minimum Gasteiger partial charge on any atom is -0.493 e. The molecule has 0 fully saturated rings. The largest absolute Gasteiger partial charge is 0.493 e. The molecule has 0 amide bonds. The molecule has 0 bridgehead atoms. The van der Waals surface area contributed by atoms with Crippen LogP contribution in [0.3, 0.4) is 0 Å². The van der Waals surface area contributed by atoms with E-state index < -0.39 is 0 Å². The van der Waals surface area contributed by atoms with Crippen LogP contribution in [-0.2, 0) is 6.42 Å². The maximum Gasteiger partial charge on any atom is 0.126 e. The van der Waals surface area contributed by atoms with Gasteiger partial charge in [-0.05, 0) is 24.0 Å². The summed E-state index contributed by atoms with van der Waals surface area (Å²) in [6, 6.07) is 4.49. The molecule has 0 saturated carbocycles. The molecule has 0 aliphatic carbocycles. The van der Waals surface area contributed by atoms with E-state index in [1.807, 2.05) is 13.8 Å². The van der Waals surface area contributed by atoms with E-state index in [-0.39, 0.29) is 0 Å². The van der Waals surface area contributed by atoms with E-state index in [4.69, 9.17) is 4.74 Å². The zero-order valence-corrected chi connectivity index (χ0v) is 10.6. The van der Waals surface area contributed by atoms with Crippen molar-refractivity contribution in [1.82, 2.24) is 0 Å². The monoisotopic (exact) mass is 206 g/mol. The molecule has 0 radical (unpaired) electrons. The van der Waals surface area contributed by atoms with E-state index >= 15 is 0 Å². The molecule has 0 spiro atoms. The zero-order valence-electron chi connectivity index (χ0n) is 10.6. The third-order valence-electron chi connectivity index (χ3n) is 2.58. The lowest BCUT2D eigenvalue weighted by atomic mass is 9.96. The molecule has 2 rings (SSSR count). The summed E-state index contributed by atoms with van der Waals surface area (Å²) in [7, 11) is 0. The third kappa shape index (κ3) is 2.53. The van der Waals surface area contributed by atoms with E-state index in [0.29, 0.717) is 5.92 Å². The Morgan fingerprint density at radius 3 is 2.47 bits per heavy atom. The summed E-state index contributed by atoms with van der Waals surface area (Å²) in [4.78, 5) is 0. The molecule has 0 N–H and O–H groups in total. The molecule has 0 saturated heterocycles. The van der Waals surface area contributed by atoms with Crippen LogP contribution in [0.2, 0.25) is 0 Å². The van der Waals surface area contributed by atoms with Gasteiger partial charge < -0.3 is 4.74 Å². The molecule has 84 valence electrons. The Morgan fingerprint density at radius 2 is 1.87 bits per heavy atom. The highest BCUT2D eigenvalue weighted by molar-refractivity contribution is 5.48. The first-order valence-corrected chi connectivity index (χ1v) is 5.94. The highest BCUT2D eigenvalue weighted by Crippen LogP contribution is 2.35. The SMILES string of the molecule is CC.Cc1cc2c(c(C(C)C)c1)OCC2. The average Bonchev–Trinajstić information content (AvgIpc) is 2.67. The van der Waals surface area contributed by atoms with Gasteiger partial charge in [0.25, 0.3) is 0 Å². The average molecular weight is 206 g/mol. The number of hydrogen-bond acceptors (Lipinski definition) is 1. The molecule has 0 unspecified atom stereocenters. The predicted octanol–water partition coefficient (Wildman–Crippen LogP) is 4.08. The van der Waals surface area contributed by atoms with E-state index in [0.717, 1.165) is 18.8 Å². The normalized spacial score (nSPS) is 12.9.